The minimum atomic E-state index is 0.424. The molecule has 0 aromatic heterocycles. The van der Waals surface area contributed by atoms with Crippen molar-refractivity contribution in [3.05, 3.63) is 29.3 Å². The number of ether oxygens (including phenoxy) is 1. The molecule has 1 fully saturated rings. The number of methoxy groups -OCH3 is 1. The number of fused-ring (bicyclic) bond motifs is 1. The second kappa shape index (κ2) is 4.31. The van der Waals surface area contributed by atoms with Crippen molar-refractivity contribution < 1.29 is 4.74 Å². The average molecular weight is 232 g/mol. The Morgan fingerprint density at radius 1 is 1.35 bits per heavy atom. The van der Waals surface area contributed by atoms with Crippen LogP contribution in [0.1, 0.15) is 30.0 Å². The molecule has 3 nitrogen and oxygen atoms in total. The van der Waals surface area contributed by atoms with Crippen LogP contribution in [0.15, 0.2) is 18.2 Å². The molecule has 3 heteroatoms. The third-order valence-electron chi connectivity index (χ3n) is 4.16. The van der Waals surface area contributed by atoms with Gasteiger partial charge in [-0.15, -0.1) is 0 Å². The van der Waals surface area contributed by atoms with Gasteiger partial charge < -0.3 is 10.5 Å². The summed E-state index contributed by atoms with van der Waals surface area (Å²) in [5.74, 6) is 0. The highest BCUT2D eigenvalue weighted by molar-refractivity contribution is 5.47. The van der Waals surface area contributed by atoms with Crippen LogP contribution in [0.2, 0.25) is 0 Å². The Labute approximate surface area is 103 Å². The Morgan fingerprint density at radius 3 is 3.00 bits per heavy atom. The first-order chi connectivity index (χ1) is 8.28. The summed E-state index contributed by atoms with van der Waals surface area (Å²) in [6, 6.07) is 6.97. The van der Waals surface area contributed by atoms with E-state index in [1.54, 1.807) is 0 Å². The van der Waals surface area contributed by atoms with E-state index in [2.05, 4.69) is 17.0 Å². The standard InChI is InChI=1S/C14H20N2O/c1-17-12-6-7-16(9-12)14-5-2-10-8-11(15)3-4-13(10)14/h3-4,8,12,14H,2,5-7,9,15H2,1H3. The molecular weight excluding hydrogens is 212 g/mol. The Hall–Kier alpha value is -1.06. The minimum Gasteiger partial charge on any atom is -0.399 e. The van der Waals surface area contributed by atoms with Gasteiger partial charge >= 0.3 is 0 Å². The molecule has 1 saturated heterocycles. The summed E-state index contributed by atoms with van der Waals surface area (Å²) in [4.78, 5) is 2.57. The second-order valence-corrected chi connectivity index (χ2v) is 5.15. The first kappa shape index (κ1) is 11.1. The van der Waals surface area contributed by atoms with Crippen molar-refractivity contribution in [2.75, 3.05) is 25.9 Å². The summed E-state index contributed by atoms with van der Waals surface area (Å²) in [5.41, 5.74) is 9.65. The predicted molar refractivity (Wildman–Crippen MR) is 68.9 cm³/mol. The number of hydrogen-bond donors (Lipinski definition) is 1. The van der Waals surface area contributed by atoms with Gasteiger partial charge in [0.1, 0.15) is 0 Å². The summed E-state index contributed by atoms with van der Waals surface area (Å²) in [6.45, 7) is 2.23. The molecule has 17 heavy (non-hydrogen) atoms. The van der Waals surface area contributed by atoms with Crippen molar-refractivity contribution >= 4 is 5.69 Å². The number of hydrogen-bond acceptors (Lipinski definition) is 3. The molecule has 2 N–H and O–H groups in total. The number of rotatable bonds is 2. The van der Waals surface area contributed by atoms with E-state index in [4.69, 9.17) is 10.5 Å². The maximum Gasteiger partial charge on any atom is 0.0710 e. The van der Waals surface area contributed by atoms with Crippen molar-refractivity contribution in [2.24, 2.45) is 0 Å². The number of likely N-dealkylation sites (tertiary alicyclic amines) is 1. The quantitative estimate of drug-likeness (QED) is 0.792. The molecule has 0 spiro atoms. The summed E-state index contributed by atoms with van der Waals surface area (Å²) in [7, 11) is 1.82. The topological polar surface area (TPSA) is 38.5 Å². The number of benzene rings is 1. The Balaban J connectivity index is 1.80. The van der Waals surface area contributed by atoms with Crippen molar-refractivity contribution in [1.29, 1.82) is 0 Å². The van der Waals surface area contributed by atoms with E-state index in [0.29, 0.717) is 12.1 Å². The van der Waals surface area contributed by atoms with Gasteiger partial charge in [0.2, 0.25) is 0 Å². The van der Waals surface area contributed by atoms with Crippen molar-refractivity contribution in [1.82, 2.24) is 4.90 Å². The van der Waals surface area contributed by atoms with Gasteiger partial charge in [0.05, 0.1) is 6.10 Å². The molecule has 92 valence electrons. The smallest absolute Gasteiger partial charge is 0.0710 e. The molecule has 0 radical (unpaired) electrons. The number of nitrogens with zero attached hydrogens (tertiary/aromatic N) is 1. The first-order valence-corrected chi connectivity index (χ1v) is 6.43. The van der Waals surface area contributed by atoms with E-state index >= 15 is 0 Å². The van der Waals surface area contributed by atoms with Crippen molar-refractivity contribution in [3.63, 3.8) is 0 Å². The molecule has 1 heterocycles. The van der Waals surface area contributed by atoms with E-state index in [9.17, 15) is 0 Å². The lowest BCUT2D eigenvalue weighted by Gasteiger charge is -2.24. The summed E-state index contributed by atoms with van der Waals surface area (Å²) >= 11 is 0. The molecule has 0 saturated carbocycles. The number of nitrogens with two attached hydrogens (primary N) is 1. The largest absolute Gasteiger partial charge is 0.399 e. The lowest BCUT2D eigenvalue weighted by atomic mass is 10.1. The average Bonchev–Trinajstić information content (AvgIpc) is 2.93. The molecule has 1 aromatic rings. The number of nitrogen functional groups attached to an aromatic ring is 1. The fourth-order valence-electron chi connectivity index (χ4n) is 3.22. The van der Waals surface area contributed by atoms with Gasteiger partial charge in [0, 0.05) is 31.9 Å². The maximum absolute atomic E-state index is 5.84. The Morgan fingerprint density at radius 2 is 2.24 bits per heavy atom. The molecule has 0 amide bonds. The first-order valence-electron chi connectivity index (χ1n) is 6.43. The van der Waals surface area contributed by atoms with Gasteiger partial charge in [-0.05, 0) is 42.5 Å². The lowest BCUT2D eigenvalue weighted by Crippen LogP contribution is -2.26. The van der Waals surface area contributed by atoms with Crippen molar-refractivity contribution in [2.45, 2.75) is 31.4 Å². The summed E-state index contributed by atoms with van der Waals surface area (Å²) in [6.07, 6.45) is 3.99. The van der Waals surface area contributed by atoms with Crippen LogP contribution in [-0.4, -0.2) is 31.2 Å². The highest BCUT2D eigenvalue weighted by Crippen LogP contribution is 2.38. The zero-order chi connectivity index (χ0) is 11.8. The third-order valence-corrected chi connectivity index (χ3v) is 4.16. The van der Waals surface area contributed by atoms with Crippen LogP contribution in [0, 0.1) is 0 Å². The van der Waals surface area contributed by atoms with Gasteiger partial charge in [-0.1, -0.05) is 6.07 Å². The van der Waals surface area contributed by atoms with E-state index < -0.39 is 0 Å². The van der Waals surface area contributed by atoms with Crippen LogP contribution in [0.5, 0.6) is 0 Å². The molecule has 2 aliphatic rings. The van der Waals surface area contributed by atoms with Crippen LogP contribution in [-0.2, 0) is 11.2 Å². The molecule has 1 aliphatic carbocycles. The highest BCUT2D eigenvalue weighted by atomic mass is 16.5. The van der Waals surface area contributed by atoms with Crippen LogP contribution in [0.3, 0.4) is 0 Å². The zero-order valence-electron chi connectivity index (χ0n) is 10.4. The predicted octanol–water partition coefficient (Wildman–Crippen LogP) is 1.98. The van der Waals surface area contributed by atoms with Crippen LogP contribution >= 0.6 is 0 Å². The monoisotopic (exact) mass is 232 g/mol. The Bertz CT molecular complexity index is 419. The van der Waals surface area contributed by atoms with E-state index in [1.807, 2.05) is 13.2 Å². The summed E-state index contributed by atoms with van der Waals surface area (Å²) < 4.78 is 5.45. The van der Waals surface area contributed by atoms with Gasteiger partial charge in [-0.2, -0.15) is 0 Å². The molecule has 1 aromatic carbocycles. The zero-order valence-corrected chi connectivity index (χ0v) is 10.4. The van der Waals surface area contributed by atoms with Crippen molar-refractivity contribution in [3.8, 4) is 0 Å². The van der Waals surface area contributed by atoms with Gasteiger partial charge in [-0.3, -0.25) is 4.90 Å². The summed E-state index contributed by atoms with van der Waals surface area (Å²) in [5, 5.41) is 0. The number of aryl methyl sites for hydroxylation is 1. The molecule has 3 rings (SSSR count). The minimum absolute atomic E-state index is 0.424. The SMILES string of the molecule is COC1CCN(C2CCc3cc(N)ccc32)C1. The normalized spacial score (nSPS) is 28.5. The third kappa shape index (κ3) is 1.94. The van der Waals surface area contributed by atoms with Crippen LogP contribution in [0.4, 0.5) is 5.69 Å². The number of anilines is 1. The van der Waals surface area contributed by atoms with Crippen LogP contribution < -0.4 is 5.73 Å². The van der Waals surface area contributed by atoms with Crippen LogP contribution in [0.25, 0.3) is 0 Å². The van der Waals surface area contributed by atoms with E-state index in [1.165, 1.54) is 24.0 Å². The molecule has 1 aliphatic heterocycles. The van der Waals surface area contributed by atoms with Gasteiger partial charge in [0.15, 0.2) is 0 Å². The maximum atomic E-state index is 5.84. The van der Waals surface area contributed by atoms with Gasteiger partial charge in [0.25, 0.3) is 0 Å². The fraction of sp³-hybridized carbons (Fsp3) is 0.571. The van der Waals surface area contributed by atoms with Gasteiger partial charge in [-0.25, -0.2) is 0 Å². The second-order valence-electron chi connectivity index (χ2n) is 5.15. The van der Waals surface area contributed by atoms with E-state index in [0.717, 1.165) is 25.2 Å². The molecule has 0 bridgehead atoms. The fourth-order valence-corrected chi connectivity index (χ4v) is 3.22. The molecule has 2 unspecified atom stereocenters. The lowest BCUT2D eigenvalue weighted by molar-refractivity contribution is 0.101. The Kier molecular flexibility index (Phi) is 2.81. The van der Waals surface area contributed by atoms with E-state index in [-0.39, 0.29) is 0 Å². The molecular formula is C14H20N2O. The molecule has 2 atom stereocenters. The highest BCUT2D eigenvalue weighted by Gasteiger charge is 2.32.